The van der Waals surface area contributed by atoms with Gasteiger partial charge in [0.2, 0.25) is 5.91 Å². The molecule has 2 N–H and O–H groups in total. The first-order valence-corrected chi connectivity index (χ1v) is 9.48. The van der Waals surface area contributed by atoms with Gasteiger partial charge in [0.05, 0.1) is 6.54 Å². The number of carbonyl (C=O) groups is 1. The molecular formula is C14H27N3O3S. The fourth-order valence-electron chi connectivity index (χ4n) is 3.55. The Labute approximate surface area is 127 Å². The smallest absolute Gasteiger partial charge is 0.277 e. The molecule has 21 heavy (non-hydrogen) atoms. The highest BCUT2D eigenvalue weighted by atomic mass is 32.2. The van der Waals surface area contributed by atoms with Crippen molar-refractivity contribution in [2.24, 2.45) is 5.92 Å². The number of carbonyl (C=O) groups excluding carboxylic acids is 1. The Morgan fingerprint density at radius 2 is 1.86 bits per heavy atom. The topological polar surface area (TPSA) is 78.5 Å². The number of hydrogen-bond acceptors (Lipinski definition) is 3. The van der Waals surface area contributed by atoms with Gasteiger partial charge in [-0.2, -0.15) is 13.1 Å². The Bertz CT molecular complexity index is 446. The van der Waals surface area contributed by atoms with Gasteiger partial charge in [0, 0.05) is 19.6 Å². The van der Waals surface area contributed by atoms with Crippen molar-refractivity contribution in [3.8, 4) is 0 Å². The van der Waals surface area contributed by atoms with Crippen molar-refractivity contribution in [1.29, 1.82) is 0 Å². The molecule has 1 aliphatic heterocycles. The van der Waals surface area contributed by atoms with Crippen LogP contribution in [0.25, 0.3) is 0 Å². The third kappa shape index (κ3) is 4.93. The molecule has 0 unspecified atom stereocenters. The van der Waals surface area contributed by atoms with Crippen LogP contribution in [0.3, 0.4) is 0 Å². The van der Waals surface area contributed by atoms with Gasteiger partial charge in [-0.3, -0.25) is 4.79 Å². The molecule has 1 saturated heterocycles. The van der Waals surface area contributed by atoms with Gasteiger partial charge in [0.15, 0.2) is 0 Å². The van der Waals surface area contributed by atoms with Gasteiger partial charge >= 0.3 is 0 Å². The largest absolute Gasteiger partial charge is 0.339 e. The highest BCUT2D eigenvalue weighted by molar-refractivity contribution is 7.87. The summed E-state index contributed by atoms with van der Waals surface area (Å²) < 4.78 is 27.1. The molecule has 6 nitrogen and oxygen atoms in total. The molecule has 0 aromatic rings. The van der Waals surface area contributed by atoms with Crippen LogP contribution < -0.4 is 9.44 Å². The van der Waals surface area contributed by atoms with Crippen molar-refractivity contribution in [3.05, 3.63) is 0 Å². The van der Waals surface area contributed by atoms with E-state index in [0.717, 1.165) is 31.7 Å². The van der Waals surface area contributed by atoms with Gasteiger partial charge < -0.3 is 4.90 Å². The lowest BCUT2D eigenvalue weighted by atomic mass is 9.84. The summed E-state index contributed by atoms with van der Waals surface area (Å²) in [5.74, 6) is 0.637. The third-order valence-electron chi connectivity index (χ3n) is 4.71. The maximum Gasteiger partial charge on any atom is 0.277 e. The van der Waals surface area contributed by atoms with Crippen LogP contribution in [0.1, 0.15) is 51.4 Å². The number of hydrogen-bond donors (Lipinski definition) is 2. The molecule has 0 radical (unpaired) electrons. The van der Waals surface area contributed by atoms with Gasteiger partial charge in [-0.15, -0.1) is 0 Å². The van der Waals surface area contributed by atoms with E-state index >= 15 is 0 Å². The summed E-state index contributed by atoms with van der Waals surface area (Å²) in [6.45, 7) is 0.613. The van der Waals surface area contributed by atoms with Crippen LogP contribution in [0.15, 0.2) is 0 Å². The van der Waals surface area contributed by atoms with Crippen molar-refractivity contribution < 1.29 is 13.2 Å². The average Bonchev–Trinajstić information content (AvgIpc) is 2.94. The minimum atomic E-state index is -3.54. The molecule has 0 aromatic heterocycles. The van der Waals surface area contributed by atoms with E-state index in [9.17, 15) is 13.2 Å². The van der Waals surface area contributed by atoms with Crippen molar-refractivity contribution in [1.82, 2.24) is 14.3 Å². The van der Waals surface area contributed by atoms with E-state index in [1.165, 1.54) is 39.2 Å². The Morgan fingerprint density at radius 1 is 1.14 bits per heavy atom. The normalized spacial score (nSPS) is 24.4. The van der Waals surface area contributed by atoms with E-state index < -0.39 is 10.2 Å². The van der Waals surface area contributed by atoms with Crippen molar-refractivity contribution in [2.75, 3.05) is 20.1 Å². The van der Waals surface area contributed by atoms with Crippen LogP contribution in [0.2, 0.25) is 0 Å². The van der Waals surface area contributed by atoms with Crippen LogP contribution in [0.4, 0.5) is 0 Å². The zero-order valence-electron chi connectivity index (χ0n) is 12.8. The van der Waals surface area contributed by atoms with Gasteiger partial charge in [0.1, 0.15) is 0 Å². The predicted molar refractivity (Wildman–Crippen MR) is 81.9 cm³/mol. The fraction of sp³-hybridized carbons (Fsp3) is 0.929. The summed E-state index contributed by atoms with van der Waals surface area (Å²) >= 11 is 0. The van der Waals surface area contributed by atoms with Crippen LogP contribution in [0.5, 0.6) is 0 Å². The second-order valence-electron chi connectivity index (χ2n) is 6.15. The quantitative estimate of drug-likeness (QED) is 0.767. The van der Waals surface area contributed by atoms with Crippen LogP contribution >= 0.6 is 0 Å². The zero-order chi connectivity index (χ0) is 15.3. The van der Waals surface area contributed by atoms with Crippen LogP contribution in [0, 0.1) is 5.92 Å². The molecule has 2 aliphatic rings. The SMILES string of the molecule is CNS(=O)(=O)NCC(=O)N1CCC[C@H]1CC1CCCCC1. The molecule has 1 saturated carbocycles. The number of nitrogens with zero attached hydrogens (tertiary/aromatic N) is 1. The molecule has 2 fully saturated rings. The summed E-state index contributed by atoms with van der Waals surface area (Å²) in [5.41, 5.74) is 0. The predicted octanol–water partition coefficient (Wildman–Crippen LogP) is 1.00. The molecular weight excluding hydrogens is 290 g/mol. The molecule has 122 valence electrons. The van der Waals surface area contributed by atoms with Crippen LogP contribution in [-0.2, 0) is 15.0 Å². The Morgan fingerprint density at radius 3 is 2.52 bits per heavy atom. The summed E-state index contributed by atoms with van der Waals surface area (Å²) in [6.07, 6.45) is 9.71. The highest BCUT2D eigenvalue weighted by Gasteiger charge is 2.31. The third-order valence-corrected chi connectivity index (χ3v) is 5.77. The zero-order valence-corrected chi connectivity index (χ0v) is 13.6. The molecule has 2 rings (SSSR count). The molecule has 1 aliphatic carbocycles. The van der Waals surface area contributed by atoms with E-state index in [2.05, 4.69) is 9.44 Å². The number of amides is 1. The molecule has 0 spiro atoms. The van der Waals surface area contributed by atoms with Gasteiger partial charge in [-0.25, -0.2) is 4.72 Å². The second kappa shape index (κ2) is 7.56. The Balaban J connectivity index is 1.84. The van der Waals surface area contributed by atoms with Gasteiger partial charge in [-0.05, 0) is 25.2 Å². The molecule has 1 heterocycles. The van der Waals surface area contributed by atoms with Crippen molar-refractivity contribution >= 4 is 16.1 Å². The van der Waals surface area contributed by atoms with E-state index in [0.29, 0.717) is 6.04 Å². The fourth-order valence-corrected chi connectivity index (χ4v) is 4.01. The summed E-state index contributed by atoms with van der Waals surface area (Å²) in [6, 6.07) is 0.305. The van der Waals surface area contributed by atoms with E-state index in [1.807, 2.05) is 4.90 Å². The monoisotopic (exact) mass is 317 g/mol. The summed E-state index contributed by atoms with van der Waals surface area (Å²) in [7, 11) is -2.21. The van der Waals surface area contributed by atoms with Crippen LogP contribution in [-0.4, -0.2) is 45.4 Å². The van der Waals surface area contributed by atoms with E-state index in [4.69, 9.17) is 0 Å². The number of nitrogens with one attached hydrogen (secondary N) is 2. The molecule has 0 aromatic carbocycles. The Kier molecular flexibility index (Phi) is 6.01. The van der Waals surface area contributed by atoms with E-state index in [1.54, 1.807) is 0 Å². The van der Waals surface area contributed by atoms with Crippen molar-refractivity contribution in [3.63, 3.8) is 0 Å². The molecule has 0 bridgehead atoms. The lowest BCUT2D eigenvalue weighted by Crippen LogP contribution is -2.45. The second-order valence-corrected chi connectivity index (χ2v) is 7.86. The molecule has 7 heteroatoms. The lowest BCUT2D eigenvalue weighted by molar-refractivity contribution is -0.131. The van der Waals surface area contributed by atoms with Gasteiger partial charge in [0.25, 0.3) is 10.2 Å². The number of likely N-dealkylation sites (tertiary alicyclic amines) is 1. The average molecular weight is 317 g/mol. The van der Waals surface area contributed by atoms with Gasteiger partial charge in [-0.1, -0.05) is 32.1 Å². The molecule has 1 atom stereocenters. The first-order chi connectivity index (χ1) is 10.0. The minimum absolute atomic E-state index is 0.105. The maximum atomic E-state index is 12.2. The number of rotatable bonds is 6. The standard InChI is InChI=1S/C14H27N3O3S/c1-15-21(19,20)16-11-14(18)17-9-5-8-13(17)10-12-6-3-2-4-7-12/h12-13,15-16H,2-11H2,1H3/t13-/m0/s1. The highest BCUT2D eigenvalue weighted by Crippen LogP contribution is 2.31. The molecule has 1 amide bonds. The van der Waals surface area contributed by atoms with Crippen molar-refractivity contribution in [2.45, 2.75) is 57.4 Å². The minimum Gasteiger partial charge on any atom is -0.339 e. The summed E-state index contributed by atoms with van der Waals surface area (Å²) in [5, 5.41) is 0. The first-order valence-electron chi connectivity index (χ1n) is 7.99. The van der Waals surface area contributed by atoms with E-state index in [-0.39, 0.29) is 12.5 Å². The lowest BCUT2D eigenvalue weighted by Gasteiger charge is -2.30. The summed E-state index contributed by atoms with van der Waals surface area (Å²) in [4.78, 5) is 14.1. The first kappa shape index (κ1) is 16.7. The maximum absolute atomic E-state index is 12.2. The Hall–Kier alpha value is -0.660.